The number of nitrogens with zero attached hydrogens (tertiary/aromatic N) is 1. The first-order valence-corrected chi connectivity index (χ1v) is 16.1. The first-order valence-electron chi connectivity index (χ1n) is 14.7. The van der Waals surface area contributed by atoms with E-state index in [0.717, 1.165) is 5.56 Å². The molecule has 1 saturated heterocycles. The van der Waals surface area contributed by atoms with E-state index < -0.39 is 40.7 Å². The smallest absolute Gasteiger partial charge is 0.341 e. The number of carboxylic acids is 1. The number of ether oxygens (including phenoxy) is 6. The van der Waals surface area contributed by atoms with Crippen LogP contribution in [0, 0.1) is 0 Å². The average molecular weight is 658 g/mol. The van der Waals surface area contributed by atoms with Crippen molar-refractivity contribution in [3.8, 4) is 28.7 Å². The lowest BCUT2D eigenvalue weighted by Crippen LogP contribution is -2.48. The molecule has 248 valence electrons. The molecule has 2 atom stereocenters. The summed E-state index contributed by atoms with van der Waals surface area (Å²) in [5, 5.41) is 9.05. The van der Waals surface area contributed by atoms with E-state index in [1.807, 2.05) is 12.1 Å². The van der Waals surface area contributed by atoms with Crippen LogP contribution in [0.15, 0.2) is 65.6 Å². The van der Waals surface area contributed by atoms with Crippen LogP contribution in [0.3, 0.4) is 0 Å². The van der Waals surface area contributed by atoms with Crippen LogP contribution in [0.5, 0.6) is 28.7 Å². The van der Waals surface area contributed by atoms with E-state index in [1.165, 1.54) is 36.7 Å². The van der Waals surface area contributed by atoms with Crippen molar-refractivity contribution in [2.45, 2.75) is 49.1 Å². The number of piperidine rings is 1. The Bertz CT molecular complexity index is 1630. The molecule has 13 heteroatoms. The van der Waals surface area contributed by atoms with Crippen molar-refractivity contribution in [2.24, 2.45) is 0 Å². The number of aliphatic carboxylic acids is 1. The van der Waals surface area contributed by atoms with Crippen molar-refractivity contribution in [1.82, 2.24) is 4.31 Å². The van der Waals surface area contributed by atoms with E-state index in [2.05, 4.69) is 0 Å². The summed E-state index contributed by atoms with van der Waals surface area (Å²) in [5.74, 6) is 0.236. The van der Waals surface area contributed by atoms with E-state index in [1.54, 1.807) is 44.6 Å². The molecule has 1 heterocycles. The van der Waals surface area contributed by atoms with E-state index in [4.69, 9.17) is 33.5 Å². The van der Waals surface area contributed by atoms with Crippen LogP contribution < -0.4 is 23.7 Å². The molecule has 0 aliphatic carbocycles. The van der Waals surface area contributed by atoms with Gasteiger partial charge in [0.25, 0.3) is 0 Å². The van der Waals surface area contributed by atoms with Gasteiger partial charge in [0.2, 0.25) is 10.0 Å². The Morgan fingerprint density at radius 1 is 0.870 bits per heavy atom. The molecule has 1 aliphatic heterocycles. The molecule has 3 aromatic rings. The van der Waals surface area contributed by atoms with Crippen LogP contribution in [0.2, 0.25) is 0 Å². The third-order valence-corrected chi connectivity index (χ3v) is 9.59. The van der Waals surface area contributed by atoms with Crippen molar-refractivity contribution in [1.29, 1.82) is 0 Å². The van der Waals surface area contributed by atoms with Crippen molar-refractivity contribution < 1.29 is 51.5 Å². The third kappa shape index (κ3) is 8.20. The molecule has 1 unspecified atom stereocenters. The molecule has 12 nitrogen and oxygen atoms in total. The van der Waals surface area contributed by atoms with E-state index in [9.17, 15) is 18.0 Å². The van der Waals surface area contributed by atoms with E-state index in [-0.39, 0.29) is 23.6 Å². The molecule has 4 rings (SSSR count). The number of esters is 1. The highest BCUT2D eigenvalue weighted by Crippen LogP contribution is 2.35. The van der Waals surface area contributed by atoms with Crippen LogP contribution in [-0.4, -0.2) is 77.4 Å². The number of sulfonamides is 1. The van der Waals surface area contributed by atoms with Gasteiger partial charge in [-0.15, -0.1) is 0 Å². The van der Waals surface area contributed by atoms with Crippen LogP contribution >= 0.6 is 0 Å². The number of aryl methyl sites for hydroxylation is 1. The van der Waals surface area contributed by atoms with Gasteiger partial charge in [0.05, 0.1) is 33.3 Å². The number of methoxy groups -OCH3 is 4. The molecule has 0 amide bonds. The Kier molecular flexibility index (Phi) is 11.7. The number of carboxylic acid groups (broad SMARTS) is 1. The molecule has 0 aromatic heterocycles. The quantitative estimate of drug-likeness (QED) is 0.228. The Labute approximate surface area is 268 Å². The van der Waals surface area contributed by atoms with Crippen LogP contribution in [0.1, 0.15) is 42.9 Å². The molecule has 46 heavy (non-hydrogen) atoms. The maximum atomic E-state index is 13.9. The van der Waals surface area contributed by atoms with Crippen molar-refractivity contribution in [2.75, 3.05) is 41.6 Å². The monoisotopic (exact) mass is 657 g/mol. The molecule has 0 bridgehead atoms. The zero-order valence-electron chi connectivity index (χ0n) is 26.3. The summed E-state index contributed by atoms with van der Waals surface area (Å²) in [6.07, 6.45) is 1.51. The fraction of sp³-hybridized carbons (Fsp3) is 0.394. The summed E-state index contributed by atoms with van der Waals surface area (Å²) < 4.78 is 61.7. The highest BCUT2D eigenvalue weighted by Gasteiger charge is 2.40. The predicted octanol–water partition coefficient (Wildman–Crippen LogP) is 4.64. The first-order chi connectivity index (χ1) is 22.1. The minimum Gasteiger partial charge on any atom is -0.493 e. The summed E-state index contributed by atoms with van der Waals surface area (Å²) in [7, 11) is 1.85. The molecule has 1 fully saturated rings. The molecule has 1 aliphatic rings. The topological polar surface area (TPSA) is 147 Å². The van der Waals surface area contributed by atoms with Gasteiger partial charge >= 0.3 is 11.9 Å². The second-order valence-corrected chi connectivity index (χ2v) is 12.4. The second kappa shape index (κ2) is 15.7. The highest BCUT2D eigenvalue weighted by atomic mass is 32.2. The minimum atomic E-state index is -4.11. The van der Waals surface area contributed by atoms with Gasteiger partial charge in [0.1, 0.15) is 17.9 Å². The van der Waals surface area contributed by atoms with E-state index in [0.29, 0.717) is 54.2 Å². The number of carbonyl (C=O) groups is 2. The van der Waals surface area contributed by atoms with Crippen molar-refractivity contribution >= 4 is 22.0 Å². The second-order valence-electron chi connectivity index (χ2n) is 10.6. The third-order valence-electron chi connectivity index (χ3n) is 7.68. The number of benzene rings is 3. The van der Waals surface area contributed by atoms with E-state index >= 15 is 0 Å². The van der Waals surface area contributed by atoms with Gasteiger partial charge in [-0.3, -0.25) is 4.79 Å². The Morgan fingerprint density at radius 2 is 1.54 bits per heavy atom. The number of rotatable bonds is 15. The SMILES string of the molecule is COc1ccc(CC[C@@H](OC(=O)C2CCCCN2S(=O)(=O)c2ccc(OC)c(OC)c2)c2cccc(OCC(=O)O)c2)cc1OC. The summed E-state index contributed by atoms with van der Waals surface area (Å²) in [6.45, 7) is -0.393. The standard InChI is InChI=1S/C33H39NO11S/c1-40-28-15-12-22(18-30(28)42-3)11-14-27(23-8-7-9-24(19-23)44-21-32(35)36)45-33(37)26-10-5-6-17-34(26)46(38,39)25-13-16-29(41-2)31(20-25)43-4/h7-9,12-13,15-16,18-20,26-27H,5-6,10-11,14,17,21H2,1-4H3,(H,35,36)/t26?,27-/m1/s1. The summed E-state index contributed by atoms with van der Waals surface area (Å²) in [5.41, 5.74) is 1.47. The molecule has 0 radical (unpaired) electrons. The van der Waals surface area contributed by atoms with Gasteiger partial charge in [-0.25, -0.2) is 13.2 Å². The average Bonchev–Trinajstić information content (AvgIpc) is 3.08. The maximum Gasteiger partial charge on any atom is 0.341 e. The normalized spacial score (nSPS) is 15.8. The van der Waals surface area contributed by atoms with Gasteiger partial charge in [-0.05, 0) is 79.6 Å². The molecule has 0 saturated carbocycles. The van der Waals surface area contributed by atoms with Crippen molar-refractivity contribution in [3.05, 3.63) is 71.8 Å². The largest absolute Gasteiger partial charge is 0.493 e. The number of hydrogen-bond acceptors (Lipinski definition) is 10. The number of carbonyl (C=O) groups excluding carboxylic acids is 1. The molecule has 3 aromatic carbocycles. The summed E-state index contributed by atoms with van der Waals surface area (Å²) >= 11 is 0. The highest BCUT2D eigenvalue weighted by molar-refractivity contribution is 7.89. The lowest BCUT2D eigenvalue weighted by molar-refractivity contribution is -0.155. The van der Waals surface area contributed by atoms with Crippen LogP contribution in [-0.2, 0) is 30.8 Å². The van der Waals surface area contributed by atoms with Gasteiger partial charge < -0.3 is 33.5 Å². The molecule has 1 N–H and O–H groups in total. The van der Waals surface area contributed by atoms with Gasteiger partial charge in [-0.1, -0.05) is 18.2 Å². The Hall–Kier alpha value is -4.49. The lowest BCUT2D eigenvalue weighted by atomic mass is 10.00. The van der Waals surface area contributed by atoms with Crippen LogP contribution in [0.4, 0.5) is 0 Å². The fourth-order valence-electron chi connectivity index (χ4n) is 5.34. The number of hydrogen-bond donors (Lipinski definition) is 1. The first kappa shape index (κ1) is 34.4. The fourth-order valence-corrected chi connectivity index (χ4v) is 7.00. The Balaban J connectivity index is 1.62. The zero-order valence-corrected chi connectivity index (χ0v) is 27.1. The van der Waals surface area contributed by atoms with Crippen LogP contribution in [0.25, 0.3) is 0 Å². The van der Waals surface area contributed by atoms with Gasteiger partial charge in [-0.2, -0.15) is 4.31 Å². The minimum absolute atomic E-state index is 0.0295. The maximum absolute atomic E-state index is 13.9. The molecular weight excluding hydrogens is 618 g/mol. The van der Waals surface area contributed by atoms with Gasteiger partial charge in [0.15, 0.2) is 29.6 Å². The molecule has 0 spiro atoms. The summed E-state index contributed by atoms with van der Waals surface area (Å²) in [4.78, 5) is 24.9. The Morgan fingerprint density at radius 3 is 2.22 bits per heavy atom. The predicted molar refractivity (Wildman–Crippen MR) is 167 cm³/mol. The van der Waals surface area contributed by atoms with Crippen molar-refractivity contribution in [3.63, 3.8) is 0 Å². The molecular formula is C33H39NO11S. The summed E-state index contributed by atoms with van der Waals surface area (Å²) in [6, 6.07) is 15.4. The van der Waals surface area contributed by atoms with Gasteiger partial charge in [0, 0.05) is 12.6 Å². The zero-order chi connectivity index (χ0) is 33.3. The lowest BCUT2D eigenvalue weighted by Gasteiger charge is -2.34.